The molecule has 0 aliphatic carbocycles. The van der Waals surface area contributed by atoms with Gasteiger partial charge in [0, 0.05) is 0 Å². The standard InChI is InChI=1S/C16H13FN6O2/c17-12-8-4-5-9-13(12)20-15-14(23(24)25)16(19-10-18-15)22-21-11-6-2-1-3-7-11/h1-10,21H,(H2,18,19,20,22). The monoisotopic (exact) mass is 340 g/mol. The molecule has 9 heteroatoms. The molecule has 0 radical (unpaired) electrons. The Labute approximate surface area is 141 Å². The molecule has 2 aromatic carbocycles. The summed E-state index contributed by atoms with van der Waals surface area (Å²) in [5.41, 5.74) is 5.85. The molecule has 0 saturated heterocycles. The lowest BCUT2D eigenvalue weighted by Gasteiger charge is -2.11. The zero-order chi connectivity index (χ0) is 17.6. The summed E-state index contributed by atoms with van der Waals surface area (Å²) in [6.45, 7) is 0. The number of nitro groups is 1. The van der Waals surface area contributed by atoms with E-state index in [-0.39, 0.29) is 17.3 Å². The van der Waals surface area contributed by atoms with E-state index in [1.54, 1.807) is 18.2 Å². The van der Waals surface area contributed by atoms with E-state index in [0.717, 1.165) is 6.33 Å². The summed E-state index contributed by atoms with van der Waals surface area (Å²) in [5.74, 6) is -0.725. The minimum absolute atomic E-state index is 0.0531. The second kappa shape index (κ2) is 7.21. The number of hydrazine groups is 1. The number of hydrogen-bond donors (Lipinski definition) is 3. The van der Waals surface area contributed by atoms with Crippen molar-refractivity contribution in [1.82, 2.24) is 9.97 Å². The highest BCUT2D eigenvalue weighted by molar-refractivity contribution is 5.74. The minimum atomic E-state index is -0.641. The first-order valence-electron chi connectivity index (χ1n) is 7.23. The second-order valence-corrected chi connectivity index (χ2v) is 4.90. The minimum Gasteiger partial charge on any atom is -0.332 e. The summed E-state index contributed by atoms with van der Waals surface area (Å²) >= 11 is 0. The Balaban J connectivity index is 1.89. The summed E-state index contributed by atoms with van der Waals surface area (Å²) < 4.78 is 13.8. The maximum Gasteiger partial charge on any atom is 0.355 e. The van der Waals surface area contributed by atoms with Crippen molar-refractivity contribution in [3.63, 3.8) is 0 Å². The van der Waals surface area contributed by atoms with Gasteiger partial charge in [0.25, 0.3) is 0 Å². The lowest BCUT2D eigenvalue weighted by atomic mass is 10.3. The number of nitrogens with one attached hydrogen (secondary N) is 3. The van der Waals surface area contributed by atoms with Gasteiger partial charge >= 0.3 is 5.69 Å². The van der Waals surface area contributed by atoms with Crippen LogP contribution in [0.15, 0.2) is 60.9 Å². The van der Waals surface area contributed by atoms with Crippen LogP contribution in [0.1, 0.15) is 0 Å². The number of rotatable bonds is 6. The fraction of sp³-hybridized carbons (Fsp3) is 0. The maximum atomic E-state index is 13.8. The van der Waals surface area contributed by atoms with Crippen LogP contribution in [0.3, 0.4) is 0 Å². The number of hydrogen-bond acceptors (Lipinski definition) is 7. The Morgan fingerprint density at radius 2 is 1.60 bits per heavy atom. The molecule has 1 heterocycles. The van der Waals surface area contributed by atoms with E-state index in [1.807, 2.05) is 18.2 Å². The van der Waals surface area contributed by atoms with Gasteiger partial charge in [0.15, 0.2) is 0 Å². The average Bonchev–Trinajstić information content (AvgIpc) is 2.62. The van der Waals surface area contributed by atoms with Gasteiger partial charge in [-0.15, -0.1) is 0 Å². The molecule has 0 fully saturated rings. The van der Waals surface area contributed by atoms with Crippen molar-refractivity contribution < 1.29 is 9.31 Å². The van der Waals surface area contributed by atoms with E-state index >= 15 is 0 Å². The van der Waals surface area contributed by atoms with Crippen molar-refractivity contribution in [2.45, 2.75) is 0 Å². The van der Waals surface area contributed by atoms with Gasteiger partial charge in [-0.25, -0.2) is 14.4 Å². The lowest BCUT2D eigenvalue weighted by Crippen LogP contribution is -2.13. The molecular formula is C16H13FN6O2. The van der Waals surface area contributed by atoms with Crippen LogP contribution in [-0.4, -0.2) is 14.9 Å². The van der Waals surface area contributed by atoms with Crippen LogP contribution in [0.5, 0.6) is 0 Å². The number of para-hydroxylation sites is 2. The molecule has 3 aromatic rings. The fourth-order valence-corrected chi connectivity index (χ4v) is 2.08. The van der Waals surface area contributed by atoms with Crippen molar-refractivity contribution in [1.29, 1.82) is 0 Å². The van der Waals surface area contributed by atoms with E-state index < -0.39 is 16.4 Å². The van der Waals surface area contributed by atoms with Crippen LogP contribution in [0.25, 0.3) is 0 Å². The zero-order valence-electron chi connectivity index (χ0n) is 12.8. The first kappa shape index (κ1) is 16.1. The molecule has 0 unspecified atom stereocenters. The van der Waals surface area contributed by atoms with E-state index in [4.69, 9.17) is 0 Å². The number of aromatic nitrogens is 2. The first-order chi connectivity index (χ1) is 12.1. The van der Waals surface area contributed by atoms with Gasteiger partial charge in [-0.2, -0.15) is 0 Å². The third kappa shape index (κ3) is 3.78. The molecule has 0 spiro atoms. The normalized spacial score (nSPS) is 10.1. The summed E-state index contributed by atoms with van der Waals surface area (Å²) in [6, 6.07) is 14.8. The third-order valence-corrected chi connectivity index (χ3v) is 3.23. The number of anilines is 4. The fourth-order valence-electron chi connectivity index (χ4n) is 2.08. The molecule has 3 N–H and O–H groups in total. The third-order valence-electron chi connectivity index (χ3n) is 3.23. The number of benzene rings is 2. The van der Waals surface area contributed by atoms with Crippen molar-refractivity contribution >= 4 is 28.7 Å². The van der Waals surface area contributed by atoms with E-state index in [2.05, 4.69) is 26.1 Å². The second-order valence-electron chi connectivity index (χ2n) is 4.90. The molecule has 0 aliphatic rings. The molecule has 0 bridgehead atoms. The van der Waals surface area contributed by atoms with Crippen molar-refractivity contribution in [3.8, 4) is 0 Å². The number of nitrogens with zero attached hydrogens (tertiary/aromatic N) is 3. The smallest absolute Gasteiger partial charge is 0.332 e. The molecule has 8 nitrogen and oxygen atoms in total. The SMILES string of the molecule is O=[N+]([O-])c1c(NNc2ccccc2)ncnc1Nc1ccccc1F. The Morgan fingerprint density at radius 3 is 2.32 bits per heavy atom. The molecule has 0 atom stereocenters. The molecule has 3 rings (SSSR count). The summed E-state index contributed by atoms with van der Waals surface area (Å²) in [4.78, 5) is 18.5. The molecule has 0 saturated carbocycles. The topological polar surface area (TPSA) is 105 Å². The lowest BCUT2D eigenvalue weighted by molar-refractivity contribution is -0.383. The van der Waals surface area contributed by atoms with E-state index in [0.29, 0.717) is 5.69 Å². The molecule has 25 heavy (non-hydrogen) atoms. The van der Waals surface area contributed by atoms with Gasteiger partial charge in [-0.05, 0) is 24.3 Å². The van der Waals surface area contributed by atoms with Gasteiger partial charge < -0.3 is 5.32 Å². The van der Waals surface area contributed by atoms with Crippen LogP contribution in [-0.2, 0) is 0 Å². The predicted octanol–water partition coefficient (Wildman–Crippen LogP) is 3.71. The number of halogens is 1. The first-order valence-corrected chi connectivity index (χ1v) is 7.23. The van der Waals surface area contributed by atoms with Crippen molar-refractivity contribution in [2.24, 2.45) is 0 Å². The Hall–Kier alpha value is -3.75. The van der Waals surface area contributed by atoms with Crippen LogP contribution in [0.4, 0.5) is 33.1 Å². The van der Waals surface area contributed by atoms with Gasteiger partial charge in [0.1, 0.15) is 12.1 Å². The predicted molar refractivity (Wildman–Crippen MR) is 92.1 cm³/mol. The summed E-state index contributed by atoms with van der Waals surface area (Å²) in [6.07, 6.45) is 1.14. The summed E-state index contributed by atoms with van der Waals surface area (Å²) in [5, 5.41) is 14.1. The highest BCUT2D eigenvalue weighted by atomic mass is 19.1. The Morgan fingerprint density at radius 1 is 0.920 bits per heavy atom. The van der Waals surface area contributed by atoms with Crippen molar-refractivity contribution in [2.75, 3.05) is 16.2 Å². The largest absolute Gasteiger partial charge is 0.355 e. The zero-order valence-corrected chi connectivity index (χ0v) is 12.8. The quantitative estimate of drug-likeness (QED) is 0.464. The van der Waals surface area contributed by atoms with Gasteiger partial charge in [0.2, 0.25) is 11.6 Å². The van der Waals surface area contributed by atoms with Crippen LogP contribution >= 0.6 is 0 Å². The highest BCUT2D eigenvalue weighted by Gasteiger charge is 2.23. The van der Waals surface area contributed by atoms with Crippen LogP contribution < -0.4 is 16.2 Å². The van der Waals surface area contributed by atoms with Gasteiger partial charge in [0.05, 0.1) is 16.3 Å². The van der Waals surface area contributed by atoms with Gasteiger partial charge in [-0.3, -0.25) is 21.0 Å². The highest BCUT2D eigenvalue weighted by Crippen LogP contribution is 2.31. The molecular weight excluding hydrogens is 327 g/mol. The maximum absolute atomic E-state index is 13.8. The van der Waals surface area contributed by atoms with Crippen LogP contribution in [0, 0.1) is 15.9 Å². The van der Waals surface area contributed by atoms with E-state index in [1.165, 1.54) is 18.2 Å². The van der Waals surface area contributed by atoms with Crippen molar-refractivity contribution in [3.05, 3.63) is 76.9 Å². The molecule has 0 aliphatic heterocycles. The van der Waals surface area contributed by atoms with Gasteiger partial charge in [-0.1, -0.05) is 30.3 Å². The Kier molecular flexibility index (Phi) is 4.65. The molecule has 0 amide bonds. The summed E-state index contributed by atoms with van der Waals surface area (Å²) in [7, 11) is 0. The van der Waals surface area contributed by atoms with Crippen LogP contribution in [0.2, 0.25) is 0 Å². The Bertz CT molecular complexity index is 891. The molecule has 126 valence electrons. The average molecular weight is 340 g/mol. The molecule has 1 aromatic heterocycles. The van der Waals surface area contributed by atoms with E-state index in [9.17, 15) is 14.5 Å².